The number of thioether (sulfide) groups is 1. The molecule has 2 amide bonds. The largest absolute Gasteiger partial charge is 0.475 e. The van der Waals surface area contributed by atoms with Crippen LogP contribution < -0.4 is 10.6 Å². The third kappa shape index (κ3) is 11.1. The van der Waals surface area contributed by atoms with Gasteiger partial charge in [0.1, 0.15) is 5.78 Å². The number of ketones is 1. The predicted octanol–water partition coefficient (Wildman–Crippen LogP) is 1.37. The average Bonchev–Trinajstić information content (AvgIpc) is 2.77. The number of phosphoric ester groups is 1. The van der Waals surface area contributed by atoms with E-state index in [4.69, 9.17) is 13.6 Å². The minimum Gasteiger partial charge on any atom is -0.469 e. The van der Waals surface area contributed by atoms with Gasteiger partial charge < -0.3 is 15.4 Å². The molecule has 0 saturated carbocycles. The Morgan fingerprint density at radius 2 is 1.79 bits per heavy atom. The van der Waals surface area contributed by atoms with Crippen molar-refractivity contribution < 1.29 is 46.8 Å². The molecule has 34 heavy (non-hydrogen) atoms. The molecule has 0 aromatic heterocycles. The highest BCUT2D eigenvalue weighted by molar-refractivity contribution is 8.13. The first-order valence-electron chi connectivity index (χ1n) is 10.8. The van der Waals surface area contributed by atoms with Gasteiger partial charge in [0.05, 0.1) is 33.2 Å². The van der Waals surface area contributed by atoms with Crippen LogP contribution in [0.25, 0.3) is 0 Å². The molecule has 0 aliphatic carbocycles. The molecule has 1 saturated heterocycles. The van der Waals surface area contributed by atoms with E-state index in [0.717, 1.165) is 11.8 Å². The molecule has 194 valence electrons. The monoisotopic (exact) mass is 524 g/mol. The quantitative estimate of drug-likeness (QED) is 0.146. The number of methoxy groups -OCH3 is 1. The van der Waals surface area contributed by atoms with Crippen molar-refractivity contribution in [2.24, 2.45) is 5.41 Å². The number of amides is 2. The molecule has 1 aliphatic heterocycles. The van der Waals surface area contributed by atoms with E-state index in [2.05, 4.69) is 15.4 Å². The number of rotatable bonds is 14. The molecule has 12 nitrogen and oxygen atoms in total. The van der Waals surface area contributed by atoms with Gasteiger partial charge in [-0.05, 0) is 6.92 Å². The first kappa shape index (κ1) is 30.2. The molecule has 2 N–H and O–H groups in total. The van der Waals surface area contributed by atoms with Crippen molar-refractivity contribution in [3.8, 4) is 0 Å². The van der Waals surface area contributed by atoms with Crippen LogP contribution >= 0.6 is 19.6 Å². The van der Waals surface area contributed by atoms with Crippen molar-refractivity contribution >= 4 is 48.3 Å². The standard InChI is InChI=1S/C20H33N2O10PS/c1-5-30-33(28)31-13-20(2,3)18(32-33)19(27)22-9-8-15(24)21-10-11-34-17(26)12-14(23)6-7-16(25)29-4/h18H,5-13H2,1-4H3,(H,21,24)(H,22,27)/t18-,33?/m0/s1. The van der Waals surface area contributed by atoms with E-state index in [-0.39, 0.29) is 74.5 Å². The van der Waals surface area contributed by atoms with E-state index >= 15 is 0 Å². The molecule has 1 rings (SSSR count). The minimum atomic E-state index is -3.81. The summed E-state index contributed by atoms with van der Waals surface area (Å²) in [6.07, 6.45) is -1.49. The molecule has 0 aromatic carbocycles. The fourth-order valence-corrected chi connectivity index (χ4v) is 5.07. The van der Waals surface area contributed by atoms with E-state index in [9.17, 15) is 28.5 Å². The zero-order valence-corrected chi connectivity index (χ0v) is 21.6. The molecule has 0 spiro atoms. The highest BCUT2D eigenvalue weighted by atomic mass is 32.2. The van der Waals surface area contributed by atoms with Gasteiger partial charge >= 0.3 is 13.8 Å². The molecule has 14 heteroatoms. The van der Waals surface area contributed by atoms with Gasteiger partial charge in [-0.2, -0.15) is 0 Å². The van der Waals surface area contributed by atoms with Crippen LogP contribution in [0.5, 0.6) is 0 Å². The minimum absolute atomic E-state index is 0.0100. The van der Waals surface area contributed by atoms with Gasteiger partial charge in [-0.15, -0.1) is 0 Å². The Labute approximate surface area is 203 Å². The Kier molecular flexibility index (Phi) is 13.0. The number of carbonyl (C=O) groups is 5. The molecule has 1 aliphatic rings. The number of esters is 1. The van der Waals surface area contributed by atoms with E-state index in [1.54, 1.807) is 20.8 Å². The summed E-state index contributed by atoms with van der Waals surface area (Å²) in [6.45, 7) is 5.42. The van der Waals surface area contributed by atoms with Gasteiger partial charge in [0, 0.05) is 37.1 Å². The van der Waals surface area contributed by atoms with E-state index in [0.29, 0.717) is 0 Å². The smallest absolute Gasteiger partial charge is 0.469 e. The van der Waals surface area contributed by atoms with Crippen LogP contribution in [0.3, 0.4) is 0 Å². The normalized spacial score (nSPS) is 21.4. The Bertz CT molecular complexity index is 804. The number of hydrogen-bond donors (Lipinski definition) is 2. The lowest BCUT2D eigenvalue weighted by Gasteiger charge is -2.39. The van der Waals surface area contributed by atoms with Crippen molar-refractivity contribution in [2.45, 2.75) is 52.6 Å². The molecular weight excluding hydrogens is 491 g/mol. The van der Waals surface area contributed by atoms with Crippen molar-refractivity contribution in [1.29, 1.82) is 0 Å². The number of hydrogen-bond acceptors (Lipinski definition) is 11. The number of ether oxygens (including phenoxy) is 1. The topological polar surface area (TPSA) is 163 Å². The zero-order chi connectivity index (χ0) is 25.8. The first-order chi connectivity index (χ1) is 15.9. The van der Waals surface area contributed by atoms with Gasteiger partial charge in [0.15, 0.2) is 11.2 Å². The van der Waals surface area contributed by atoms with Gasteiger partial charge in [0.2, 0.25) is 11.8 Å². The fourth-order valence-electron chi connectivity index (χ4n) is 2.73. The third-order valence-corrected chi connectivity index (χ3v) is 6.94. The fraction of sp³-hybridized carbons (Fsp3) is 0.750. The lowest BCUT2D eigenvalue weighted by atomic mass is 9.87. The SMILES string of the molecule is CCOP1(=O)OCC(C)(C)[C@H](C(=O)NCCC(=O)NCCSC(=O)CC(=O)CCC(=O)OC)O1. The predicted molar refractivity (Wildman–Crippen MR) is 123 cm³/mol. The van der Waals surface area contributed by atoms with Crippen LogP contribution in [0.2, 0.25) is 0 Å². The molecule has 0 bridgehead atoms. The summed E-state index contributed by atoms with van der Waals surface area (Å²) in [5.41, 5.74) is -0.748. The second-order valence-corrected chi connectivity index (χ2v) is 10.8. The summed E-state index contributed by atoms with van der Waals surface area (Å²) in [7, 11) is -2.59. The van der Waals surface area contributed by atoms with Gasteiger partial charge in [-0.25, -0.2) is 4.57 Å². The molecule has 1 unspecified atom stereocenters. The van der Waals surface area contributed by atoms with Gasteiger partial charge in [0.25, 0.3) is 0 Å². The van der Waals surface area contributed by atoms with Crippen molar-refractivity contribution in [2.75, 3.05) is 39.2 Å². The van der Waals surface area contributed by atoms with Crippen LogP contribution in [0.4, 0.5) is 0 Å². The first-order valence-corrected chi connectivity index (χ1v) is 13.2. The maximum absolute atomic E-state index is 12.5. The number of phosphoric acid groups is 1. The summed E-state index contributed by atoms with van der Waals surface area (Å²) in [4.78, 5) is 58.8. The number of Topliss-reactive ketones (excluding diaryl/α,β-unsaturated/α-hetero) is 1. The molecule has 0 aromatic rings. The number of nitrogens with one attached hydrogen (secondary N) is 2. The molecule has 1 heterocycles. The van der Waals surface area contributed by atoms with Crippen LogP contribution in [-0.4, -0.2) is 74.0 Å². The van der Waals surface area contributed by atoms with E-state index < -0.39 is 31.2 Å². The summed E-state index contributed by atoms with van der Waals surface area (Å²) >= 11 is 0.911. The highest BCUT2D eigenvalue weighted by Gasteiger charge is 2.48. The second kappa shape index (κ2) is 14.6. The average molecular weight is 525 g/mol. The van der Waals surface area contributed by atoms with Crippen molar-refractivity contribution in [3.05, 3.63) is 0 Å². The van der Waals surface area contributed by atoms with Crippen LogP contribution in [0.1, 0.15) is 46.5 Å². The van der Waals surface area contributed by atoms with E-state index in [1.165, 1.54) is 7.11 Å². The Morgan fingerprint density at radius 3 is 2.44 bits per heavy atom. The van der Waals surface area contributed by atoms with Gasteiger partial charge in [-0.1, -0.05) is 25.6 Å². The molecule has 0 radical (unpaired) electrons. The number of carbonyl (C=O) groups excluding carboxylic acids is 5. The lowest BCUT2D eigenvalue weighted by molar-refractivity contribution is -0.142. The molecule has 1 fully saturated rings. The maximum Gasteiger partial charge on any atom is 0.475 e. The van der Waals surface area contributed by atoms with E-state index in [1.807, 2.05) is 0 Å². The second-order valence-electron chi connectivity index (χ2n) is 8.02. The van der Waals surface area contributed by atoms with Crippen molar-refractivity contribution in [1.82, 2.24) is 10.6 Å². The molecule has 2 atom stereocenters. The lowest BCUT2D eigenvalue weighted by Crippen LogP contribution is -2.50. The zero-order valence-electron chi connectivity index (χ0n) is 19.9. The van der Waals surface area contributed by atoms with Crippen LogP contribution in [0.15, 0.2) is 0 Å². The van der Waals surface area contributed by atoms with Gasteiger partial charge in [-0.3, -0.25) is 37.5 Å². The van der Waals surface area contributed by atoms with Crippen molar-refractivity contribution in [3.63, 3.8) is 0 Å². The Hall–Kier alpha value is -1.79. The highest BCUT2D eigenvalue weighted by Crippen LogP contribution is 2.57. The summed E-state index contributed by atoms with van der Waals surface area (Å²) in [5.74, 6) is -1.45. The Balaban J connectivity index is 2.26. The summed E-state index contributed by atoms with van der Waals surface area (Å²) < 4.78 is 32.3. The molecular formula is C20H33N2O10PS. The Morgan fingerprint density at radius 1 is 1.09 bits per heavy atom. The maximum atomic E-state index is 12.5. The third-order valence-electron chi connectivity index (χ3n) is 4.58. The summed E-state index contributed by atoms with van der Waals surface area (Å²) in [5, 5.41) is 4.85. The summed E-state index contributed by atoms with van der Waals surface area (Å²) in [6, 6.07) is 0. The van der Waals surface area contributed by atoms with Crippen LogP contribution in [-0.2, 0) is 46.8 Å². The van der Waals surface area contributed by atoms with Crippen LogP contribution in [0, 0.1) is 5.41 Å².